The molecule has 0 spiro atoms. The van der Waals surface area contributed by atoms with E-state index in [2.05, 4.69) is 22.3 Å². The highest BCUT2D eigenvalue weighted by Gasteiger charge is 2.30. The van der Waals surface area contributed by atoms with Crippen LogP contribution < -0.4 is 10.2 Å². The van der Waals surface area contributed by atoms with E-state index in [1.54, 1.807) is 13.1 Å². The van der Waals surface area contributed by atoms with E-state index in [1.165, 1.54) is 36.3 Å². The van der Waals surface area contributed by atoms with Crippen molar-refractivity contribution in [3.8, 4) is 0 Å². The fraction of sp³-hybridized carbons (Fsp3) is 0.389. The van der Waals surface area contributed by atoms with E-state index in [9.17, 15) is 9.59 Å². The van der Waals surface area contributed by atoms with E-state index in [0.717, 1.165) is 18.7 Å². The van der Waals surface area contributed by atoms with Gasteiger partial charge < -0.3 is 4.90 Å². The fourth-order valence-electron chi connectivity index (χ4n) is 3.02. The first-order valence-electron chi connectivity index (χ1n) is 8.26. The lowest BCUT2D eigenvalue weighted by atomic mass is 10.1. The van der Waals surface area contributed by atoms with Crippen LogP contribution in [0.5, 0.6) is 0 Å². The predicted molar refractivity (Wildman–Crippen MR) is 98.6 cm³/mol. The van der Waals surface area contributed by atoms with Gasteiger partial charge in [-0.2, -0.15) is 0 Å². The molecule has 24 heavy (non-hydrogen) atoms. The Hall–Kier alpha value is -2.21. The van der Waals surface area contributed by atoms with Crippen molar-refractivity contribution in [1.82, 2.24) is 10.2 Å². The Morgan fingerprint density at radius 2 is 1.67 bits per heavy atom. The summed E-state index contributed by atoms with van der Waals surface area (Å²) in [6, 6.07) is 8.00. The quantitative estimate of drug-likeness (QED) is 0.509. The third kappa shape index (κ3) is 3.48. The molecule has 0 unspecified atom stereocenters. The molecule has 1 aromatic carbocycles. The number of hydrogen-bond acceptors (Lipinski definition) is 4. The summed E-state index contributed by atoms with van der Waals surface area (Å²) in [6.07, 6.45) is 6.67. The molecule has 6 heteroatoms. The Bertz CT molecular complexity index is 689. The molecular weight excluding hydrogens is 322 g/mol. The third-order valence-electron chi connectivity index (χ3n) is 4.48. The normalized spacial score (nSPS) is 21.0. The summed E-state index contributed by atoms with van der Waals surface area (Å²) in [5, 5.41) is 2.66. The smallest absolute Gasteiger partial charge is 0.265 e. The minimum atomic E-state index is -0.445. The zero-order valence-electron chi connectivity index (χ0n) is 13.7. The van der Waals surface area contributed by atoms with Gasteiger partial charge in [-0.05, 0) is 48.8 Å². The SMILES string of the molecule is CN1C(=O)/C(=C/c2ccc(N3CCCCCC3)cc2)C(=O)NC1=S. The molecule has 2 fully saturated rings. The maximum atomic E-state index is 12.2. The number of amides is 2. The number of nitrogens with zero attached hydrogens (tertiary/aromatic N) is 2. The highest BCUT2D eigenvalue weighted by molar-refractivity contribution is 7.80. The Kier molecular flexibility index (Phi) is 4.94. The number of benzene rings is 1. The second-order valence-electron chi connectivity index (χ2n) is 6.17. The van der Waals surface area contributed by atoms with Crippen molar-refractivity contribution < 1.29 is 9.59 Å². The summed E-state index contributed by atoms with van der Waals surface area (Å²) in [4.78, 5) is 27.9. The highest BCUT2D eigenvalue weighted by atomic mass is 32.1. The molecule has 2 aliphatic rings. The van der Waals surface area contributed by atoms with E-state index < -0.39 is 5.91 Å². The monoisotopic (exact) mass is 343 g/mol. The lowest BCUT2D eigenvalue weighted by Crippen LogP contribution is -2.52. The first-order chi connectivity index (χ1) is 11.6. The molecule has 2 saturated heterocycles. The molecule has 2 amide bonds. The zero-order valence-corrected chi connectivity index (χ0v) is 14.6. The van der Waals surface area contributed by atoms with Crippen molar-refractivity contribution in [3.63, 3.8) is 0 Å². The summed E-state index contributed by atoms with van der Waals surface area (Å²) in [5.74, 6) is -0.819. The van der Waals surface area contributed by atoms with Gasteiger partial charge in [0.1, 0.15) is 5.57 Å². The van der Waals surface area contributed by atoms with Crippen LogP contribution in [0, 0.1) is 0 Å². The van der Waals surface area contributed by atoms with Crippen molar-refractivity contribution in [2.75, 3.05) is 25.0 Å². The highest BCUT2D eigenvalue weighted by Crippen LogP contribution is 2.21. The average molecular weight is 343 g/mol. The number of likely N-dealkylation sites (N-methyl/N-ethyl adjacent to an activating group) is 1. The Labute approximate surface area is 147 Å². The second-order valence-corrected chi connectivity index (χ2v) is 6.56. The van der Waals surface area contributed by atoms with Crippen LogP contribution in [-0.2, 0) is 9.59 Å². The first-order valence-corrected chi connectivity index (χ1v) is 8.67. The molecule has 0 bridgehead atoms. The molecule has 126 valence electrons. The van der Waals surface area contributed by atoms with Gasteiger partial charge in [-0.1, -0.05) is 25.0 Å². The summed E-state index contributed by atoms with van der Waals surface area (Å²) >= 11 is 4.94. The van der Waals surface area contributed by atoms with E-state index in [-0.39, 0.29) is 16.6 Å². The molecule has 1 aromatic rings. The number of nitrogens with one attached hydrogen (secondary N) is 1. The molecule has 3 rings (SSSR count). The molecule has 0 radical (unpaired) electrons. The summed E-state index contributed by atoms with van der Waals surface area (Å²) in [6.45, 7) is 2.17. The van der Waals surface area contributed by atoms with Crippen molar-refractivity contribution in [2.45, 2.75) is 25.7 Å². The predicted octanol–water partition coefficient (Wildman–Crippen LogP) is 2.32. The number of carbonyl (C=O) groups excluding carboxylic acids is 2. The van der Waals surface area contributed by atoms with Gasteiger partial charge in [-0.25, -0.2) is 0 Å². The van der Waals surface area contributed by atoms with Gasteiger partial charge in [0.15, 0.2) is 5.11 Å². The van der Waals surface area contributed by atoms with Gasteiger partial charge in [0.2, 0.25) is 0 Å². The molecule has 1 N–H and O–H groups in total. The molecular formula is C18H21N3O2S. The van der Waals surface area contributed by atoms with Crippen molar-refractivity contribution in [2.24, 2.45) is 0 Å². The van der Waals surface area contributed by atoms with Crippen LogP contribution in [0.25, 0.3) is 6.08 Å². The van der Waals surface area contributed by atoms with E-state index in [1.807, 2.05) is 12.1 Å². The minimum Gasteiger partial charge on any atom is -0.372 e. The van der Waals surface area contributed by atoms with Crippen LogP contribution in [0.15, 0.2) is 29.8 Å². The largest absolute Gasteiger partial charge is 0.372 e. The average Bonchev–Trinajstić information content (AvgIpc) is 2.87. The Balaban J connectivity index is 1.79. The van der Waals surface area contributed by atoms with Crippen molar-refractivity contribution in [1.29, 1.82) is 0 Å². The Morgan fingerprint density at radius 1 is 1.04 bits per heavy atom. The lowest BCUT2D eigenvalue weighted by molar-refractivity contribution is -0.128. The maximum Gasteiger partial charge on any atom is 0.265 e. The van der Waals surface area contributed by atoms with E-state index in [0.29, 0.717) is 0 Å². The standard InChI is InChI=1S/C18H21N3O2S/c1-20-17(23)15(16(22)19-18(20)24)12-13-6-8-14(9-7-13)21-10-4-2-3-5-11-21/h6-9,12H,2-5,10-11H2,1H3,(H,19,22,24)/b15-12+. The number of rotatable bonds is 2. The van der Waals surface area contributed by atoms with Crippen molar-refractivity contribution >= 4 is 40.9 Å². The topological polar surface area (TPSA) is 52.7 Å². The molecule has 2 aliphatic heterocycles. The third-order valence-corrected chi connectivity index (χ3v) is 4.86. The van der Waals surface area contributed by atoms with Gasteiger partial charge in [0.05, 0.1) is 0 Å². The molecule has 0 saturated carbocycles. The van der Waals surface area contributed by atoms with E-state index >= 15 is 0 Å². The van der Waals surface area contributed by atoms with Gasteiger partial charge in [-0.3, -0.25) is 19.8 Å². The number of carbonyl (C=O) groups is 2. The molecule has 2 heterocycles. The number of anilines is 1. The van der Waals surface area contributed by atoms with Crippen LogP contribution in [0.4, 0.5) is 5.69 Å². The van der Waals surface area contributed by atoms with E-state index in [4.69, 9.17) is 12.2 Å². The van der Waals surface area contributed by atoms with Crippen LogP contribution in [0.2, 0.25) is 0 Å². The zero-order chi connectivity index (χ0) is 17.1. The number of thiocarbonyl (C=S) groups is 1. The summed E-state index contributed by atoms with van der Waals surface area (Å²) < 4.78 is 0. The summed E-state index contributed by atoms with van der Waals surface area (Å²) in [5.41, 5.74) is 2.12. The van der Waals surface area contributed by atoms with Gasteiger partial charge in [0, 0.05) is 25.8 Å². The lowest BCUT2D eigenvalue weighted by Gasteiger charge is -2.25. The van der Waals surface area contributed by atoms with Crippen LogP contribution >= 0.6 is 12.2 Å². The maximum absolute atomic E-state index is 12.2. The van der Waals surface area contributed by atoms with Crippen LogP contribution in [0.1, 0.15) is 31.2 Å². The van der Waals surface area contributed by atoms with Gasteiger partial charge in [-0.15, -0.1) is 0 Å². The first kappa shape index (κ1) is 16.6. The van der Waals surface area contributed by atoms with Crippen molar-refractivity contribution in [3.05, 3.63) is 35.4 Å². The molecule has 0 atom stereocenters. The minimum absolute atomic E-state index is 0.105. The fourth-order valence-corrected chi connectivity index (χ4v) is 3.20. The number of hydrogen-bond donors (Lipinski definition) is 1. The van der Waals surface area contributed by atoms with Crippen LogP contribution in [-0.4, -0.2) is 42.0 Å². The van der Waals surface area contributed by atoms with Gasteiger partial charge >= 0.3 is 0 Å². The van der Waals surface area contributed by atoms with Gasteiger partial charge in [0.25, 0.3) is 11.8 Å². The second kappa shape index (κ2) is 7.13. The molecule has 0 aliphatic carbocycles. The summed E-state index contributed by atoms with van der Waals surface area (Å²) in [7, 11) is 1.56. The molecule has 5 nitrogen and oxygen atoms in total. The molecule has 0 aromatic heterocycles. The Morgan fingerprint density at radius 3 is 2.29 bits per heavy atom. The van der Waals surface area contributed by atoms with Crippen LogP contribution in [0.3, 0.4) is 0 Å².